The Morgan fingerprint density at radius 1 is 1.12 bits per heavy atom. The second-order valence-electron chi connectivity index (χ2n) is 5.26. The fourth-order valence-corrected chi connectivity index (χ4v) is 2.44. The van der Waals surface area contributed by atoms with Crippen molar-refractivity contribution < 1.29 is 4.79 Å². The van der Waals surface area contributed by atoms with Crippen molar-refractivity contribution in [1.82, 2.24) is 15.1 Å². The Labute approximate surface area is 145 Å². The second-order valence-corrected chi connectivity index (χ2v) is 5.70. The molecule has 2 aromatic carbocycles. The molecule has 1 aromatic heterocycles. The molecule has 0 saturated carbocycles. The molecule has 0 aliphatic carbocycles. The van der Waals surface area contributed by atoms with Gasteiger partial charge >= 0.3 is 0 Å². The summed E-state index contributed by atoms with van der Waals surface area (Å²) in [7, 11) is 1.82. The number of aryl methyl sites for hydroxylation is 1. The maximum atomic E-state index is 12.2. The molecule has 0 spiro atoms. The van der Waals surface area contributed by atoms with Gasteiger partial charge in [0.15, 0.2) is 5.69 Å². The average Bonchev–Trinajstić information content (AvgIpc) is 2.99. The molecular formula is C19H16ClN3O. The zero-order valence-corrected chi connectivity index (χ0v) is 13.9. The normalized spacial score (nSPS) is 10.9. The summed E-state index contributed by atoms with van der Waals surface area (Å²) in [5.41, 5.74) is 3.23. The second kappa shape index (κ2) is 7.15. The van der Waals surface area contributed by atoms with E-state index in [-0.39, 0.29) is 5.91 Å². The van der Waals surface area contributed by atoms with Gasteiger partial charge in [-0.3, -0.25) is 9.48 Å². The van der Waals surface area contributed by atoms with Crippen molar-refractivity contribution in [2.24, 2.45) is 7.05 Å². The van der Waals surface area contributed by atoms with Gasteiger partial charge in [-0.25, -0.2) is 0 Å². The lowest BCUT2D eigenvalue weighted by Gasteiger charge is -1.99. The minimum Gasteiger partial charge on any atom is -0.327 e. The third kappa shape index (κ3) is 3.73. The number of nitrogens with one attached hydrogen (secondary N) is 1. The molecule has 0 aliphatic heterocycles. The molecule has 4 nitrogen and oxygen atoms in total. The van der Waals surface area contributed by atoms with Gasteiger partial charge in [-0.15, -0.1) is 0 Å². The Hall–Kier alpha value is -2.85. The van der Waals surface area contributed by atoms with Gasteiger partial charge in [0.1, 0.15) is 0 Å². The van der Waals surface area contributed by atoms with Crippen LogP contribution in [0, 0.1) is 0 Å². The molecule has 0 radical (unpaired) electrons. The zero-order chi connectivity index (χ0) is 16.9. The predicted molar refractivity (Wildman–Crippen MR) is 96.6 cm³/mol. The number of carbonyl (C=O) groups is 1. The lowest BCUT2D eigenvalue weighted by atomic mass is 10.1. The van der Waals surface area contributed by atoms with Gasteiger partial charge in [-0.2, -0.15) is 5.10 Å². The molecule has 0 atom stereocenters. The van der Waals surface area contributed by atoms with E-state index in [9.17, 15) is 4.79 Å². The topological polar surface area (TPSA) is 46.9 Å². The van der Waals surface area contributed by atoms with Gasteiger partial charge in [0.05, 0.1) is 5.69 Å². The minimum absolute atomic E-state index is 0.252. The van der Waals surface area contributed by atoms with Crippen molar-refractivity contribution in [2.75, 3.05) is 0 Å². The summed E-state index contributed by atoms with van der Waals surface area (Å²) in [4.78, 5) is 12.2. The fraction of sp³-hybridized carbons (Fsp3) is 0.0526. The molecule has 1 N–H and O–H groups in total. The smallest absolute Gasteiger partial charge is 0.275 e. The monoisotopic (exact) mass is 337 g/mol. The molecule has 24 heavy (non-hydrogen) atoms. The first-order valence-electron chi connectivity index (χ1n) is 7.46. The summed E-state index contributed by atoms with van der Waals surface area (Å²) < 4.78 is 1.70. The Balaban J connectivity index is 1.71. The minimum atomic E-state index is -0.252. The number of amides is 1. The van der Waals surface area contributed by atoms with E-state index in [0.29, 0.717) is 10.7 Å². The van der Waals surface area contributed by atoms with E-state index in [1.54, 1.807) is 35.2 Å². The number of halogens is 1. The lowest BCUT2D eigenvalue weighted by molar-refractivity contribution is 0.0965. The molecule has 0 saturated heterocycles. The van der Waals surface area contributed by atoms with E-state index < -0.39 is 0 Å². The maximum absolute atomic E-state index is 12.2. The van der Waals surface area contributed by atoms with Crippen LogP contribution in [0.15, 0.2) is 66.9 Å². The van der Waals surface area contributed by atoms with Crippen LogP contribution >= 0.6 is 11.6 Å². The van der Waals surface area contributed by atoms with E-state index in [2.05, 4.69) is 10.4 Å². The molecule has 120 valence electrons. The number of rotatable bonds is 4. The van der Waals surface area contributed by atoms with E-state index in [4.69, 9.17) is 11.6 Å². The summed E-state index contributed by atoms with van der Waals surface area (Å²) in [6, 6.07) is 19.0. The Morgan fingerprint density at radius 3 is 2.54 bits per heavy atom. The molecule has 3 aromatic rings. The van der Waals surface area contributed by atoms with Gasteiger partial charge in [-0.1, -0.05) is 54.1 Å². The number of aromatic nitrogens is 2. The Kier molecular flexibility index (Phi) is 4.77. The third-order valence-corrected chi connectivity index (χ3v) is 3.79. The number of benzene rings is 2. The predicted octanol–water partition coefficient (Wildman–Crippen LogP) is 4.14. The molecule has 0 aliphatic rings. The van der Waals surface area contributed by atoms with Gasteiger partial charge in [0.2, 0.25) is 0 Å². The first-order chi connectivity index (χ1) is 11.6. The van der Waals surface area contributed by atoms with E-state index in [1.165, 1.54) is 0 Å². The Morgan fingerprint density at radius 2 is 1.83 bits per heavy atom. The summed E-state index contributed by atoms with van der Waals surface area (Å²) in [6.45, 7) is 0. The summed E-state index contributed by atoms with van der Waals surface area (Å²) in [6.07, 6.45) is 3.40. The summed E-state index contributed by atoms with van der Waals surface area (Å²) >= 11 is 5.84. The van der Waals surface area contributed by atoms with Crippen molar-refractivity contribution in [3.05, 3.63) is 83.1 Å². The molecule has 1 amide bonds. The highest BCUT2D eigenvalue weighted by atomic mass is 35.5. The number of nitrogens with zero attached hydrogens (tertiary/aromatic N) is 2. The van der Waals surface area contributed by atoms with Crippen LogP contribution in [0.25, 0.3) is 17.3 Å². The molecule has 5 heteroatoms. The fourth-order valence-electron chi connectivity index (χ4n) is 2.32. The van der Waals surface area contributed by atoms with Crippen LogP contribution in [0.2, 0.25) is 5.02 Å². The molecule has 1 heterocycles. The Bertz CT molecular complexity index is 867. The zero-order valence-electron chi connectivity index (χ0n) is 13.1. The summed E-state index contributed by atoms with van der Waals surface area (Å²) in [5.74, 6) is -0.252. The molecular weight excluding hydrogens is 322 g/mol. The molecule has 0 unspecified atom stereocenters. The van der Waals surface area contributed by atoms with Crippen LogP contribution in [0.4, 0.5) is 0 Å². The average molecular weight is 338 g/mol. The number of hydrogen-bond donors (Lipinski definition) is 1. The number of carbonyl (C=O) groups excluding carboxylic acids is 1. The van der Waals surface area contributed by atoms with E-state index in [1.807, 2.05) is 49.5 Å². The maximum Gasteiger partial charge on any atom is 0.275 e. The van der Waals surface area contributed by atoms with Gasteiger partial charge < -0.3 is 5.32 Å². The highest BCUT2D eigenvalue weighted by Crippen LogP contribution is 2.19. The van der Waals surface area contributed by atoms with Crippen LogP contribution in [-0.2, 0) is 7.05 Å². The molecule has 3 rings (SSSR count). The van der Waals surface area contributed by atoms with Crippen LogP contribution in [-0.4, -0.2) is 15.7 Å². The summed E-state index contributed by atoms with van der Waals surface area (Å²) in [5, 5.41) is 7.68. The van der Waals surface area contributed by atoms with Gasteiger partial charge in [0.25, 0.3) is 5.91 Å². The standard InChI is InChI=1S/C19H16ClN3O/c1-23-18(15-5-3-2-4-6-15)13-17(22-23)19(24)21-12-11-14-7-9-16(20)10-8-14/h2-13H,1H3,(H,21,24). The highest BCUT2D eigenvalue weighted by Gasteiger charge is 2.12. The van der Waals surface area contributed by atoms with E-state index in [0.717, 1.165) is 16.8 Å². The largest absolute Gasteiger partial charge is 0.327 e. The van der Waals surface area contributed by atoms with Gasteiger partial charge in [-0.05, 0) is 35.4 Å². The molecule has 0 bridgehead atoms. The van der Waals surface area contributed by atoms with Crippen molar-refractivity contribution >= 4 is 23.6 Å². The number of hydrogen-bond acceptors (Lipinski definition) is 2. The van der Waals surface area contributed by atoms with Gasteiger partial charge in [0, 0.05) is 18.3 Å². The van der Waals surface area contributed by atoms with E-state index >= 15 is 0 Å². The highest BCUT2D eigenvalue weighted by molar-refractivity contribution is 6.30. The van der Waals surface area contributed by atoms with Crippen LogP contribution < -0.4 is 5.32 Å². The van der Waals surface area contributed by atoms with Crippen molar-refractivity contribution in [3.63, 3.8) is 0 Å². The SMILES string of the molecule is Cn1nc(C(=O)NC=Cc2ccc(Cl)cc2)cc1-c1ccccc1. The van der Waals surface area contributed by atoms with Crippen LogP contribution in [0.5, 0.6) is 0 Å². The lowest BCUT2D eigenvalue weighted by Crippen LogP contribution is -2.17. The van der Waals surface area contributed by atoms with Crippen molar-refractivity contribution in [1.29, 1.82) is 0 Å². The van der Waals surface area contributed by atoms with Crippen LogP contribution in [0.1, 0.15) is 16.1 Å². The van der Waals surface area contributed by atoms with Crippen LogP contribution in [0.3, 0.4) is 0 Å². The van der Waals surface area contributed by atoms with Crippen molar-refractivity contribution in [3.8, 4) is 11.3 Å². The quantitative estimate of drug-likeness (QED) is 0.777. The first-order valence-corrected chi connectivity index (χ1v) is 7.84. The van der Waals surface area contributed by atoms with Crippen molar-refractivity contribution in [2.45, 2.75) is 0 Å². The third-order valence-electron chi connectivity index (χ3n) is 3.54. The first kappa shape index (κ1) is 16.0. The molecule has 0 fully saturated rings.